The molecule has 0 aromatic carbocycles. The predicted molar refractivity (Wildman–Crippen MR) is 89.9 cm³/mol. The Labute approximate surface area is 126 Å². The van der Waals surface area contributed by atoms with Crippen LogP contribution < -0.4 is 5.73 Å². The highest BCUT2D eigenvalue weighted by Gasteiger charge is 1.99. The Kier molecular flexibility index (Phi) is 16.4. The average molecular weight is 283 g/mol. The normalized spacial score (nSPS) is 13.2. The summed E-state index contributed by atoms with van der Waals surface area (Å²) < 4.78 is 0. The summed E-state index contributed by atoms with van der Waals surface area (Å²) in [7, 11) is 0. The molecule has 0 aliphatic carbocycles. The third kappa shape index (κ3) is 15.7. The van der Waals surface area contributed by atoms with Gasteiger partial charge in [0.25, 0.3) is 0 Å². The van der Waals surface area contributed by atoms with Gasteiger partial charge in [-0.25, -0.2) is 0 Å². The number of aliphatic hydroxyl groups is 1. The lowest BCUT2D eigenvalue weighted by atomic mass is 10.0. The third-order valence-electron chi connectivity index (χ3n) is 3.82. The number of nitrogens with two attached hydrogens (primary N) is 1. The van der Waals surface area contributed by atoms with Gasteiger partial charge in [0.1, 0.15) is 0 Å². The van der Waals surface area contributed by atoms with Crippen LogP contribution in [0.4, 0.5) is 0 Å². The first-order valence-corrected chi connectivity index (χ1v) is 8.82. The van der Waals surface area contributed by atoms with Crippen LogP contribution >= 0.6 is 0 Å². The van der Waals surface area contributed by atoms with E-state index in [4.69, 9.17) is 10.8 Å². The zero-order chi connectivity index (χ0) is 14.9. The van der Waals surface area contributed by atoms with Crippen LogP contribution in [-0.4, -0.2) is 17.8 Å². The van der Waals surface area contributed by atoms with Gasteiger partial charge in [0, 0.05) is 6.04 Å². The van der Waals surface area contributed by atoms with Crippen LogP contribution in [0.15, 0.2) is 12.2 Å². The summed E-state index contributed by atoms with van der Waals surface area (Å²) in [6.45, 7) is 2.38. The highest BCUT2D eigenvalue weighted by atomic mass is 16.3. The quantitative estimate of drug-likeness (QED) is 0.330. The molecule has 0 fully saturated rings. The van der Waals surface area contributed by atoms with E-state index < -0.39 is 0 Å². The zero-order valence-electron chi connectivity index (χ0n) is 13.7. The number of allylic oxidation sites excluding steroid dienone is 2. The monoisotopic (exact) mass is 283 g/mol. The first-order chi connectivity index (χ1) is 9.81. The lowest BCUT2D eigenvalue weighted by Gasteiger charge is -2.07. The molecule has 0 heterocycles. The molecule has 3 N–H and O–H groups in total. The van der Waals surface area contributed by atoms with Crippen molar-refractivity contribution in [1.29, 1.82) is 0 Å². The molecule has 0 radical (unpaired) electrons. The van der Waals surface area contributed by atoms with Gasteiger partial charge in [-0.05, 0) is 25.7 Å². The van der Waals surface area contributed by atoms with Crippen molar-refractivity contribution in [2.75, 3.05) is 6.61 Å². The molecule has 0 bridgehead atoms. The molecule has 0 rings (SSSR count). The fourth-order valence-electron chi connectivity index (χ4n) is 2.38. The van der Waals surface area contributed by atoms with Crippen molar-refractivity contribution in [2.45, 2.75) is 96.4 Å². The molecule has 2 heteroatoms. The molecule has 20 heavy (non-hydrogen) atoms. The standard InChI is InChI=1S/C18H37NO/c1-2-3-4-5-6-7-8-9-10-11-12-13-14-15-16-18(19)17-20/h5-6,18,20H,2-4,7-17,19H2,1H3/b6-5-. The van der Waals surface area contributed by atoms with Crippen LogP contribution in [0.25, 0.3) is 0 Å². The molecular weight excluding hydrogens is 246 g/mol. The van der Waals surface area contributed by atoms with Crippen LogP contribution in [0.5, 0.6) is 0 Å². The fourth-order valence-corrected chi connectivity index (χ4v) is 2.38. The largest absolute Gasteiger partial charge is 0.395 e. The van der Waals surface area contributed by atoms with Gasteiger partial charge in [-0.1, -0.05) is 76.9 Å². The van der Waals surface area contributed by atoms with E-state index in [1.807, 2.05) is 0 Å². The summed E-state index contributed by atoms with van der Waals surface area (Å²) in [5.74, 6) is 0. The van der Waals surface area contributed by atoms with Crippen LogP contribution in [0.2, 0.25) is 0 Å². The molecule has 120 valence electrons. The van der Waals surface area contributed by atoms with E-state index in [1.54, 1.807) is 0 Å². The second kappa shape index (κ2) is 16.7. The van der Waals surface area contributed by atoms with Gasteiger partial charge in [0.15, 0.2) is 0 Å². The van der Waals surface area contributed by atoms with Gasteiger partial charge in [0.2, 0.25) is 0 Å². The fraction of sp³-hybridized carbons (Fsp3) is 0.889. The van der Waals surface area contributed by atoms with Crippen molar-refractivity contribution >= 4 is 0 Å². The van der Waals surface area contributed by atoms with Gasteiger partial charge in [0.05, 0.1) is 6.61 Å². The number of hydrogen-bond donors (Lipinski definition) is 2. The Balaban J connectivity index is 3.04. The Morgan fingerprint density at radius 3 is 1.85 bits per heavy atom. The van der Waals surface area contributed by atoms with Crippen molar-refractivity contribution in [3.05, 3.63) is 12.2 Å². The topological polar surface area (TPSA) is 46.2 Å². The summed E-state index contributed by atoms with van der Waals surface area (Å²) in [4.78, 5) is 0. The van der Waals surface area contributed by atoms with Gasteiger partial charge in [-0.3, -0.25) is 0 Å². The minimum atomic E-state index is 0.000353. The summed E-state index contributed by atoms with van der Waals surface area (Å²) in [5.41, 5.74) is 5.66. The molecule has 0 spiro atoms. The lowest BCUT2D eigenvalue weighted by molar-refractivity contribution is 0.257. The van der Waals surface area contributed by atoms with E-state index in [2.05, 4.69) is 19.1 Å². The highest BCUT2D eigenvalue weighted by molar-refractivity contribution is 4.81. The zero-order valence-corrected chi connectivity index (χ0v) is 13.7. The summed E-state index contributed by atoms with van der Waals surface area (Å²) in [5, 5.41) is 8.81. The maximum absolute atomic E-state index is 8.81. The second-order valence-electron chi connectivity index (χ2n) is 5.96. The maximum Gasteiger partial charge on any atom is 0.0582 e. The predicted octanol–water partition coefficient (Wildman–Crippen LogP) is 4.95. The first kappa shape index (κ1) is 19.7. The van der Waals surface area contributed by atoms with E-state index >= 15 is 0 Å². The van der Waals surface area contributed by atoms with Gasteiger partial charge < -0.3 is 10.8 Å². The number of unbranched alkanes of at least 4 members (excludes halogenated alkanes) is 10. The van der Waals surface area contributed by atoms with Crippen LogP contribution in [-0.2, 0) is 0 Å². The molecule has 0 aliphatic heterocycles. The molecule has 2 nitrogen and oxygen atoms in total. The van der Waals surface area contributed by atoms with Crippen molar-refractivity contribution in [1.82, 2.24) is 0 Å². The minimum Gasteiger partial charge on any atom is -0.395 e. The molecule has 0 aromatic heterocycles. The molecule has 1 unspecified atom stereocenters. The lowest BCUT2D eigenvalue weighted by Crippen LogP contribution is -2.23. The Morgan fingerprint density at radius 1 is 0.800 bits per heavy atom. The van der Waals surface area contributed by atoms with E-state index in [1.165, 1.54) is 77.0 Å². The molecular formula is C18H37NO. The second-order valence-corrected chi connectivity index (χ2v) is 5.96. The van der Waals surface area contributed by atoms with Crippen molar-refractivity contribution in [2.24, 2.45) is 5.73 Å². The molecule has 0 aliphatic rings. The van der Waals surface area contributed by atoms with E-state index in [9.17, 15) is 0 Å². The van der Waals surface area contributed by atoms with Crippen LogP contribution in [0, 0.1) is 0 Å². The molecule has 0 aromatic rings. The van der Waals surface area contributed by atoms with Crippen molar-refractivity contribution < 1.29 is 5.11 Å². The molecule has 0 amide bonds. The Bertz CT molecular complexity index is 204. The van der Waals surface area contributed by atoms with Gasteiger partial charge >= 0.3 is 0 Å². The SMILES string of the molecule is CCCC/C=C\CCCCCCCCCCC(N)CO. The molecule has 0 saturated carbocycles. The molecule has 0 saturated heterocycles. The maximum atomic E-state index is 8.81. The van der Waals surface area contributed by atoms with Crippen molar-refractivity contribution in [3.8, 4) is 0 Å². The molecule has 1 atom stereocenters. The van der Waals surface area contributed by atoms with E-state index in [0.29, 0.717) is 0 Å². The minimum absolute atomic E-state index is 0.000353. The third-order valence-corrected chi connectivity index (χ3v) is 3.82. The van der Waals surface area contributed by atoms with Gasteiger partial charge in [-0.15, -0.1) is 0 Å². The Morgan fingerprint density at radius 2 is 1.30 bits per heavy atom. The smallest absolute Gasteiger partial charge is 0.0582 e. The first-order valence-electron chi connectivity index (χ1n) is 8.82. The summed E-state index contributed by atoms with van der Waals surface area (Å²) in [6, 6.07) is 0.000353. The summed E-state index contributed by atoms with van der Waals surface area (Å²) in [6.07, 6.45) is 21.5. The average Bonchev–Trinajstić information content (AvgIpc) is 2.47. The highest BCUT2D eigenvalue weighted by Crippen LogP contribution is 2.11. The Hall–Kier alpha value is -0.340. The van der Waals surface area contributed by atoms with E-state index in [-0.39, 0.29) is 12.6 Å². The van der Waals surface area contributed by atoms with Crippen LogP contribution in [0.3, 0.4) is 0 Å². The number of hydrogen-bond acceptors (Lipinski definition) is 2. The summed E-state index contributed by atoms with van der Waals surface area (Å²) >= 11 is 0. The van der Waals surface area contributed by atoms with E-state index in [0.717, 1.165) is 6.42 Å². The van der Waals surface area contributed by atoms with Gasteiger partial charge in [-0.2, -0.15) is 0 Å². The number of aliphatic hydroxyl groups excluding tert-OH is 1. The van der Waals surface area contributed by atoms with Crippen molar-refractivity contribution in [3.63, 3.8) is 0 Å². The van der Waals surface area contributed by atoms with Crippen LogP contribution in [0.1, 0.15) is 90.4 Å². The number of rotatable bonds is 15.